The number of rotatable bonds is 3. The van der Waals surface area contributed by atoms with E-state index >= 15 is 0 Å². The molecule has 0 aliphatic heterocycles. The molecule has 1 atom stereocenters. The molecule has 0 saturated heterocycles. The number of aliphatic hydroxyl groups is 1. The second kappa shape index (κ2) is 4.54. The van der Waals surface area contributed by atoms with Crippen molar-refractivity contribution in [2.24, 2.45) is 0 Å². The standard InChI is InChI=1S/C12H18BrNO/c1-8-7-10(13)5-6-11(8)14-9(2)12(3,4)15/h5-7,9,14-15H,1-4H3. The van der Waals surface area contributed by atoms with Crippen LogP contribution in [0.4, 0.5) is 5.69 Å². The van der Waals surface area contributed by atoms with Gasteiger partial charge in [-0.1, -0.05) is 15.9 Å². The van der Waals surface area contributed by atoms with E-state index in [0.717, 1.165) is 10.2 Å². The first-order valence-corrected chi connectivity index (χ1v) is 5.85. The average molecular weight is 272 g/mol. The smallest absolute Gasteiger partial charge is 0.0789 e. The maximum atomic E-state index is 9.82. The van der Waals surface area contributed by atoms with Gasteiger partial charge in [-0.05, 0) is 51.5 Å². The molecule has 2 N–H and O–H groups in total. The van der Waals surface area contributed by atoms with Crippen LogP contribution in [-0.4, -0.2) is 16.7 Å². The monoisotopic (exact) mass is 271 g/mol. The molecule has 15 heavy (non-hydrogen) atoms. The van der Waals surface area contributed by atoms with Gasteiger partial charge in [-0.3, -0.25) is 0 Å². The molecular weight excluding hydrogens is 254 g/mol. The molecule has 0 aromatic heterocycles. The van der Waals surface area contributed by atoms with Gasteiger partial charge in [-0.2, -0.15) is 0 Å². The van der Waals surface area contributed by atoms with Gasteiger partial charge in [0.25, 0.3) is 0 Å². The van der Waals surface area contributed by atoms with Crippen LogP contribution in [0.1, 0.15) is 26.3 Å². The van der Waals surface area contributed by atoms with E-state index in [2.05, 4.69) is 27.3 Å². The van der Waals surface area contributed by atoms with Gasteiger partial charge >= 0.3 is 0 Å². The molecule has 1 aromatic rings. The van der Waals surface area contributed by atoms with Gasteiger partial charge in [-0.15, -0.1) is 0 Å². The summed E-state index contributed by atoms with van der Waals surface area (Å²) in [5.41, 5.74) is 1.51. The minimum atomic E-state index is -0.723. The number of hydrogen-bond acceptors (Lipinski definition) is 2. The predicted molar refractivity (Wildman–Crippen MR) is 68.3 cm³/mol. The van der Waals surface area contributed by atoms with Crippen LogP contribution in [-0.2, 0) is 0 Å². The number of aryl methyl sites for hydroxylation is 1. The Hall–Kier alpha value is -0.540. The first-order chi connectivity index (χ1) is 6.80. The van der Waals surface area contributed by atoms with Crippen LogP contribution in [0.15, 0.2) is 22.7 Å². The topological polar surface area (TPSA) is 32.3 Å². The highest BCUT2D eigenvalue weighted by Crippen LogP contribution is 2.22. The van der Waals surface area contributed by atoms with E-state index in [0.29, 0.717) is 0 Å². The van der Waals surface area contributed by atoms with Crippen molar-refractivity contribution >= 4 is 21.6 Å². The lowest BCUT2D eigenvalue weighted by molar-refractivity contribution is 0.0649. The van der Waals surface area contributed by atoms with Gasteiger partial charge in [0.2, 0.25) is 0 Å². The first kappa shape index (κ1) is 12.5. The predicted octanol–water partition coefficient (Wildman–Crippen LogP) is 3.33. The Morgan fingerprint density at radius 1 is 1.40 bits per heavy atom. The Morgan fingerprint density at radius 3 is 2.47 bits per heavy atom. The largest absolute Gasteiger partial charge is 0.388 e. The third-order valence-corrected chi connectivity index (χ3v) is 3.11. The van der Waals surface area contributed by atoms with Crippen LogP contribution >= 0.6 is 15.9 Å². The van der Waals surface area contributed by atoms with Crippen molar-refractivity contribution < 1.29 is 5.11 Å². The summed E-state index contributed by atoms with van der Waals surface area (Å²) in [6.45, 7) is 7.63. The second-order valence-corrected chi connectivity index (χ2v) is 5.39. The SMILES string of the molecule is Cc1cc(Br)ccc1NC(C)C(C)(C)O. The first-order valence-electron chi connectivity index (χ1n) is 5.06. The fourth-order valence-electron chi connectivity index (χ4n) is 1.20. The Kier molecular flexibility index (Phi) is 3.79. The summed E-state index contributed by atoms with van der Waals surface area (Å²) in [4.78, 5) is 0. The van der Waals surface area contributed by atoms with E-state index < -0.39 is 5.60 Å². The van der Waals surface area contributed by atoms with Crippen molar-refractivity contribution in [3.8, 4) is 0 Å². The van der Waals surface area contributed by atoms with Gasteiger partial charge in [0.05, 0.1) is 11.6 Å². The molecule has 0 saturated carbocycles. The summed E-state index contributed by atoms with van der Waals surface area (Å²) in [5.74, 6) is 0. The summed E-state index contributed by atoms with van der Waals surface area (Å²) >= 11 is 3.42. The van der Waals surface area contributed by atoms with Gasteiger partial charge < -0.3 is 10.4 Å². The van der Waals surface area contributed by atoms with Crippen LogP contribution in [0.2, 0.25) is 0 Å². The van der Waals surface area contributed by atoms with Crippen molar-refractivity contribution in [2.75, 3.05) is 5.32 Å². The van der Waals surface area contributed by atoms with Crippen molar-refractivity contribution in [1.29, 1.82) is 0 Å². The van der Waals surface area contributed by atoms with E-state index in [1.165, 1.54) is 5.56 Å². The van der Waals surface area contributed by atoms with Crippen molar-refractivity contribution in [3.05, 3.63) is 28.2 Å². The summed E-state index contributed by atoms with van der Waals surface area (Å²) < 4.78 is 1.07. The molecule has 0 radical (unpaired) electrons. The van der Waals surface area contributed by atoms with Crippen LogP contribution in [0.25, 0.3) is 0 Å². The molecule has 2 nitrogen and oxygen atoms in total. The molecular formula is C12H18BrNO. The Morgan fingerprint density at radius 2 is 2.00 bits per heavy atom. The van der Waals surface area contributed by atoms with Crippen LogP contribution in [0.5, 0.6) is 0 Å². The number of nitrogens with one attached hydrogen (secondary N) is 1. The minimum Gasteiger partial charge on any atom is -0.388 e. The maximum Gasteiger partial charge on any atom is 0.0789 e. The fourth-order valence-corrected chi connectivity index (χ4v) is 1.67. The molecule has 3 heteroatoms. The number of hydrogen-bond donors (Lipinski definition) is 2. The summed E-state index contributed by atoms with van der Waals surface area (Å²) in [5, 5.41) is 13.1. The van der Waals surface area contributed by atoms with Gasteiger partial charge in [0.15, 0.2) is 0 Å². The Labute approximate surface area is 99.8 Å². The molecule has 0 spiro atoms. The highest BCUT2D eigenvalue weighted by molar-refractivity contribution is 9.10. The van der Waals surface area contributed by atoms with Crippen LogP contribution < -0.4 is 5.32 Å². The molecule has 0 fully saturated rings. The van der Waals surface area contributed by atoms with E-state index in [4.69, 9.17) is 0 Å². The highest BCUT2D eigenvalue weighted by atomic mass is 79.9. The number of benzene rings is 1. The molecule has 84 valence electrons. The zero-order valence-corrected chi connectivity index (χ0v) is 11.2. The van der Waals surface area contributed by atoms with Crippen molar-refractivity contribution in [1.82, 2.24) is 0 Å². The van der Waals surface area contributed by atoms with Crippen LogP contribution in [0.3, 0.4) is 0 Å². The number of anilines is 1. The lowest BCUT2D eigenvalue weighted by Crippen LogP contribution is -2.39. The molecule has 0 amide bonds. The molecule has 0 aliphatic carbocycles. The highest BCUT2D eigenvalue weighted by Gasteiger charge is 2.22. The zero-order valence-electron chi connectivity index (χ0n) is 9.63. The molecule has 1 aromatic carbocycles. The number of halogens is 1. The molecule has 1 unspecified atom stereocenters. The summed E-state index contributed by atoms with van der Waals surface area (Å²) in [6, 6.07) is 6.07. The van der Waals surface area contributed by atoms with Gasteiger partial charge in [-0.25, -0.2) is 0 Å². The quantitative estimate of drug-likeness (QED) is 0.884. The van der Waals surface area contributed by atoms with Crippen molar-refractivity contribution in [3.63, 3.8) is 0 Å². The third-order valence-electron chi connectivity index (χ3n) is 2.62. The lowest BCUT2D eigenvalue weighted by Gasteiger charge is -2.28. The lowest BCUT2D eigenvalue weighted by atomic mass is 10.00. The molecule has 0 bridgehead atoms. The summed E-state index contributed by atoms with van der Waals surface area (Å²) in [7, 11) is 0. The molecule has 0 aliphatic rings. The summed E-state index contributed by atoms with van der Waals surface area (Å²) in [6.07, 6.45) is 0. The van der Waals surface area contributed by atoms with Crippen molar-refractivity contribution in [2.45, 2.75) is 39.3 Å². The molecule has 1 rings (SSSR count). The maximum absolute atomic E-state index is 9.82. The van der Waals surface area contributed by atoms with Gasteiger partial charge in [0.1, 0.15) is 0 Å². The minimum absolute atomic E-state index is 0.0115. The Bertz CT molecular complexity index is 344. The van der Waals surface area contributed by atoms with E-state index in [9.17, 15) is 5.11 Å². The second-order valence-electron chi connectivity index (χ2n) is 4.48. The van der Waals surface area contributed by atoms with E-state index in [1.807, 2.05) is 26.0 Å². The molecule has 0 heterocycles. The normalized spacial score (nSPS) is 13.7. The van der Waals surface area contributed by atoms with Crippen LogP contribution in [0, 0.1) is 6.92 Å². The van der Waals surface area contributed by atoms with Gasteiger partial charge in [0, 0.05) is 10.2 Å². The zero-order chi connectivity index (χ0) is 11.6. The fraction of sp³-hybridized carbons (Fsp3) is 0.500. The van der Waals surface area contributed by atoms with E-state index in [-0.39, 0.29) is 6.04 Å². The average Bonchev–Trinajstić information content (AvgIpc) is 2.08. The Balaban J connectivity index is 2.82. The third kappa shape index (κ3) is 3.50. The van der Waals surface area contributed by atoms with E-state index in [1.54, 1.807) is 13.8 Å².